The molecule has 72 valence electrons. The Bertz CT molecular complexity index is 315. The molecular weight excluding hydrogens is 190 g/mol. The van der Waals surface area contributed by atoms with Crippen molar-refractivity contribution < 1.29 is 10.2 Å². The summed E-state index contributed by atoms with van der Waals surface area (Å²) < 4.78 is 0. The number of rotatable bonds is 2. The molecule has 0 aliphatic carbocycles. The normalized spacial score (nSPS) is 12.9. The molecule has 3 nitrogen and oxygen atoms in total. The first-order valence-electron chi connectivity index (χ1n) is 3.94. The van der Waals surface area contributed by atoms with Gasteiger partial charge in [-0.2, -0.15) is 0 Å². The van der Waals surface area contributed by atoms with E-state index in [-0.39, 0.29) is 12.3 Å². The van der Waals surface area contributed by atoms with Gasteiger partial charge in [0.1, 0.15) is 5.75 Å². The second-order valence-electron chi connectivity index (χ2n) is 2.88. The lowest BCUT2D eigenvalue weighted by atomic mass is 10.0. The zero-order valence-corrected chi connectivity index (χ0v) is 8.04. The molecule has 1 unspecified atom stereocenters. The van der Waals surface area contributed by atoms with E-state index in [0.717, 1.165) is 0 Å². The van der Waals surface area contributed by atoms with Crippen LogP contribution in [0.15, 0.2) is 12.1 Å². The Morgan fingerprint density at radius 3 is 2.69 bits per heavy atom. The van der Waals surface area contributed by atoms with Crippen LogP contribution >= 0.6 is 11.6 Å². The summed E-state index contributed by atoms with van der Waals surface area (Å²) in [5, 5.41) is 19.4. The van der Waals surface area contributed by atoms with Gasteiger partial charge in [-0.3, -0.25) is 0 Å². The van der Waals surface area contributed by atoms with E-state index >= 15 is 0 Å². The molecule has 13 heavy (non-hydrogen) atoms. The van der Waals surface area contributed by atoms with Crippen molar-refractivity contribution in [3.05, 3.63) is 28.3 Å². The highest BCUT2D eigenvalue weighted by molar-refractivity contribution is 6.31. The molecule has 0 spiro atoms. The van der Waals surface area contributed by atoms with Gasteiger partial charge in [-0.15, -0.1) is 0 Å². The maximum atomic E-state index is 9.58. The van der Waals surface area contributed by atoms with Gasteiger partial charge in [0.05, 0.1) is 11.1 Å². The quantitative estimate of drug-likeness (QED) is 0.677. The smallest absolute Gasteiger partial charge is 0.125 e. The molecule has 0 aromatic heterocycles. The van der Waals surface area contributed by atoms with Crippen LogP contribution in [0.4, 0.5) is 0 Å². The summed E-state index contributed by atoms with van der Waals surface area (Å²) in [6, 6.07) is 3.31. The third-order valence-corrected chi connectivity index (χ3v) is 2.25. The molecule has 1 atom stereocenters. The highest BCUT2D eigenvalue weighted by Gasteiger charge is 2.15. The van der Waals surface area contributed by atoms with Gasteiger partial charge in [0, 0.05) is 12.1 Å². The summed E-state index contributed by atoms with van der Waals surface area (Å²) >= 11 is 5.80. The minimum Gasteiger partial charge on any atom is -0.507 e. The summed E-state index contributed by atoms with van der Waals surface area (Å²) in [5.41, 5.74) is 6.25. The number of benzene rings is 1. The number of aliphatic hydroxyl groups is 1. The third kappa shape index (κ3) is 1.94. The van der Waals surface area contributed by atoms with E-state index in [1.54, 1.807) is 19.1 Å². The Labute approximate surface area is 81.8 Å². The van der Waals surface area contributed by atoms with Crippen molar-refractivity contribution in [3.63, 3.8) is 0 Å². The SMILES string of the molecule is Cc1ccc(Cl)c(C(O)CN)c1O. The number of hydrogen-bond acceptors (Lipinski definition) is 3. The zero-order valence-electron chi connectivity index (χ0n) is 7.29. The van der Waals surface area contributed by atoms with Crippen LogP contribution in [0.25, 0.3) is 0 Å². The molecule has 0 radical (unpaired) electrons. The van der Waals surface area contributed by atoms with Gasteiger partial charge in [0.2, 0.25) is 0 Å². The predicted octanol–water partition coefficient (Wildman–Crippen LogP) is 1.35. The largest absolute Gasteiger partial charge is 0.507 e. The number of nitrogens with two attached hydrogens (primary N) is 1. The molecule has 0 aliphatic heterocycles. The molecule has 1 rings (SSSR count). The molecule has 0 aliphatic rings. The lowest BCUT2D eigenvalue weighted by Crippen LogP contribution is -2.12. The van der Waals surface area contributed by atoms with Crippen LogP contribution in [0.3, 0.4) is 0 Å². The molecule has 0 heterocycles. The van der Waals surface area contributed by atoms with Crippen molar-refractivity contribution in [1.29, 1.82) is 0 Å². The number of hydrogen-bond donors (Lipinski definition) is 3. The van der Waals surface area contributed by atoms with Gasteiger partial charge in [-0.1, -0.05) is 17.7 Å². The molecule has 4 heteroatoms. The fraction of sp³-hybridized carbons (Fsp3) is 0.333. The first-order valence-corrected chi connectivity index (χ1v) is 4.31. The van der Waals surface area contributed by atoms with Crippen LogP contribution in [0.5, 0.6) is 5.75 Å². The summed E-state index contributed by atoms with van der Waals surface area (Å²) in [5.74, 6) is 0.0189. The fourth-order valence-corrected chi connectivity index (χ4v) is 1.41. The number of phenols is 1. The van der Waals surface area contributed by atoms with Gasteiger partial charge in [0.25, 0.3) is 0 Å². The van der Waals surface area contributed by atoms with Crippen molar-refractivity contribution >= 4 is 11.6 Å². The summed E-state index contributed by atoms with van der Waals surface area (Å²) in [7, 11) is 0. The maximum Gasteiger partial charge on any atom is 0.125 e. The molecule has 0 bridgehead atoms. The van der Waals surface area contributed by atoms with Gasteiger partial charge >= 0.3 is 0 Å². The van der Waals surface area contributed by atoms with Gasteiger partial charge < -0.3 is 15.9 Å². The van der Waals surface area contributed by atoms with E-state index in [2.05, 4.69) is 0 Å². The van der Waals surface area contributed by atoms with Crippen molar-refractivity contribution in [3.8, 4) is 5.75 Å². The van der Waals surface area contributed by atoms with Crippen LogP contribution in [-0.2, 0) is 0 Å². The van der Waals surface area contributed by atoms with Crippen molar-refractivity contribution in [2.24, 2.45) is 5.73 Å². The predicted molar refractivity (Wildman–Crippen MR) is 51.9 cm³/mol. The lowest BCUT2D eigenvalue weighted by molar-refractivity contribution is 0.182. The number of aryl methyl sites for hydroxylation is 1. The monoisotopic (exact) mass is 201 g/mol. The summed E-state index contributed by atoms with van der Waals surface area (Å²) in [6.45, 7) is 1.77. The maximum absolute atomic E-state index is 9.58. The molecule has 0 amide bonds. The molecular formula is C9H12ClNO2. The van der Waals surface area contributed by atoms with Crippen LogP contribution in [0, 0.1) is 6.92 Å². The number of halogens is 1. The first-order chi connectivity index (χ1) is 6.07. The Hall–Kier alpha value is -0.770. The molecule has 1 aromatic carbocycles. The second-order valence-corrected chi connectivity index (χ2v) is 3.29. The fourth-order valence-electron chi connectivity index (χ4n) is 1.13. The van der Waals surface area contributed by atoms with Crippen LogP contribution < -0.4 is 5.73 Å². The summed E-state index contributed by atoms with van der Waals surface area (Å²) in [6.07, 6.45) is -0.910. The van der Waals surface area contributed by atoms with E-state index in [1.807, 2.05) is 0 Å². The average Bonchev–Trinajstić information content (AvgIpc) is 2.12. The van der Waals surface area contributed by atoms with Crippen molar-refractivity contribution in [2.45, 2.75) is 13.0 Å². The first kappa shape index (κ1) is 10.3. The second kappa shape index (κ2) is 3.96. The Morgan fingerprint density at radius 2 is 2.15 bits per heavy atom. The molecule has 4 N–H and O–H groups in total. The highest BCUT2D eigenvalue weighted by atomic mass is 35.5. The van der Waals surface area contributed by atoms with E-state index in [0.29, 0.717) is 16.1 Å². The topological polar surface area (TPSA) is 66.5 Å². The highest BCUT2D eigenvalue weighted by Crippen LogP contribution is 2.33. The number of aromatic hydroxyl groups is 1. The van der Waals surface area contributed by atoms with Gasteiger partial charge in [-0.25, -0.2) is 0 Å². The molecule has 0 fully saturated rings. The molecule has 0 saturated carbocycles. The van der Waals surface area contributed by atoms with E-state index in [4.69, 9.17) is 17.3 Å². The van der Waals surface area contributed by atoms with Crippen molar-refractivity contribution in [1.82, 2.24) is 0 Å². The third-order valence-electron chi connectivity index (χ3n) is 1.92. The molecule has 1 aromatic rings. The Morgan fingerprint density at radius 1 is 1.54 bits per heavy atom. The molecule has 0 saturated heterocycles. The van der Waals surface area contributed by atoms with Crippen LogP contribution in [-0.4, -0.2) is 16.8 Å². The zero-order chi connectivity index (χ0) is 10.0. The minimum absolute atomic E-state index is 0.0189. The minimum atomic E-state index is -0.910. The average molecular weight is 202 g/mol. The van der Waals surface area contributed by atoms with Crippen LogP contribution in [0.1, 0.15) is 17.2 Å². The number of aliphatic hydroxyl groups excluding tert-OH is 1. The lowest BCUT2D eigenvalue weighted by Gasteiger charge is -2.13. The van der Waals surface area contributed by atoms with Crippen molar-refractivity contribution in [2.75, 3.05) is 6.54 Å². The Balaban J connectivity index is 3.25. The van der Waals surface area contributed by atoms with E-state index in [9.17, 15) is 10.2 Å². The van der Waals surface area contributed by atoms with Gasteiger partial charge in [-0.05, 0) is 18.6 Å². The Kier molecular flexibility index (Phi) is 3.14. The standard InChI is InChI=1S/C9H12ClNO2/c1-5-2-3-6(10)8(9(5)13)7(12)4-11/h2-3,7,12-13H,4,11H2,1H3. The van der Waals surface area contributed by atoms with E-state index < -0.39 is 6.10 Å². The summed E-state index contributed by atoms with van der Waals surface area (Å²) in [4.78, 5) is 0. The number of phenolic OH excluding ortho intramolecular Hbond substituents is 1. The van der Waals surface area contributed by atoms with Crippen LogP contribution in [0.2, 0.25) is 5.02 Å². The van der Waals surface area contributed by atoms with E-state index in [1.165, 1.54) is 0 Å². The van der Waals surface area contributed by atoms with Gasteiger partial charge in [0.15, 0.2) is 0 Å².